The van der Waals surface area contributed by atoms with E-state index in [-0.39, 0.29) is 18.5 Å². The minimum Gasteiger partial charge on any atom is -0.496 e. The summed E-state index contributed by atoms with van der Waals surface area (Å²) in [6.45, 7) is 0.231. The van der Waals surface area contributed by atoms with Crippen LogP contribution in [0.15, 0.2) is 22.7 Å². The van der Waals surface area contributed by atoms with Crippen molar-refractivity contribution in [2.45, 2.75) is 37.8 Å². The molecule has 0 aromatic heterocycles. The normalized spacial score (nSPS) is 20.2. The number of hydrogen-bond donors (Lipinski definition) is 1. The smallest absolute Gasteiger partial charge is 0.325 e. The summed E-state index contributed by atoms with van der Waals surface area (Å²) in [5.74, 6) is 0.568. The Morgan fingerprint density at radius 2 is 2.05 bits per heavy atom. The molecule has 3 amide bonds. The van der Waals surface area contributed by atoms with Gasteiger partial charge < -0.3 is 10.1 Å². The Labute approximate surface area is 131 Å². The van der Waals surface area contributed by atoms with Crippen LogP contribution in [0.3, 0.4) is 0 Å². The molecule has 2 fully saturated rings. The Morgan fingerprint density at radius 3 is 2.71 bits per heavy atom. The largest absolute Gasteiger partial charge is 0.496 e. The molecular weight excluding hydrogens is 336 g/mol. The van der Waals surface area contributed by atoms with E-state index in [4.69, 9.17) is 4.74 Å². The van der Waals surface area contributed by atoms with Gasteiger partial charge in [-0.05, 0) is 31.0 Å². The number of rotatable bonds is 3. The molecule has 0 unspecified atom stereocenters. The minimum absolute atomic E-state index is 0.105. The minimum atomic E-state index is -0.656. The highest BCUT2D eigenvalue weighted by atomic mass is 79.9. The van der Waals surface area contributed by atoms with Crippen LogP contribution in [0, 0.1) is 0 Å². The second-order valence-electron chi connectivity index (χ2n) is 5.57. The van der Waals surface area contributed by atoms with Crippen molar-refractivity contribution in [1.82, 2.24) is 10.2 Å². The van der Waals surface area contributed by atoms with Crippen molar-refractivity contribution < 1.29 is 14.3 Å². The molecule has 1 saturated heterocycles. The second-order valence-corrected chi connectivity index (χ2v) is 6.48. The fourth-order valence-corrected chi connectivity index (χ4v) is 3.59. The zero-order valence-electron chi connectivity index (χ0n) is 11.8. The first-order valence-electron chi connectivity index (χ1n) is 7.02. The average molecular weight is 353 g/mol. The van der Waals surface area contributed by atoms with Gasteiger partial charge in [-0.3, -0.25) is 9.69 Å². The number of halogens is 1. The number of carbonyl (C=O) groups is 2. The molecule has 3 rings (SSSR count). The number of urea groups is 1. The molecule has 1 N–H and O–H groups in total. The highest BCUT2D eigenvalue weighted by Gasteiger charge is 2.52. The Balaban J connectivity index is 1.86. The van der Waals surface area contributed by atoms with Gasteiger partial charge in [-0.25, -0.2) is 4.79 Å². The summed E-state index contributed by atoms with van der Waals surface area (Å²) < 4.78 is 6.20. The molecule has 0 bridgehead atoms. The van der Waals surface area contributed by atoms with Crippen LogP contribution in [0.25, 0.3) is 0 Å². The van der Waals surface area contributed by atoms with Gasteiger partial charge in [0.15, 0.2) is 0 Å². The van der Waals surface area contributed by atoms with Crippen molar-refractivity contribution in [1.29, 1.82) is 0 Å². The van der Waals surface area contributed by atoms with E-state index in [0.29, 0.717) is 5.75 Å². The Kier molecular flexibility index (Phi) is 3.65. The van der Waals surface area contributed by atoms with Crippen molar-refractivity contribution in [2.75, 3.05) is 7.11 Å². The number of imide groups is 1. The number of benzene rings is 1. The summed E-state index contributed by atoms with van der Waals surface area (Å²) in [7, 11) is 1.58. The van der Waals surface area contributed by atoms with Crippen LogP contribution >= 0.6 is 15.9 Å². The number of hydrogen-bond acceptors (Lipinski definition) is 3. The van der Waals surface area contributed by atoms with E-state index >= 15 is 0 Å². The lowest BCUT2D eigenvalue weighted by Crippen LogP contribution is -2.44. The molecule has 1 aliphatic heterocycles. The first kappa shape index (κ1) is 14.4. The third-order valence-corrected chi connectivity index (χ3v) is 4.77. The molecule has 0 atom stereocenters. The molecule has 1 aromatic rings. The summed E-state index contributed by atoms with van der Waals surface area (Å²) in [5.41, 5.74) is 0.154. The molecule has 5 nitrogen and oxygen atoms in total. The third kappa shape index (κ3) is 2.41. The van der Waals surface area contributed by atoms with Gasteiger partial charge in [0.25, 0.3) is 5.91 Å². The van der Waals surface area contributed by atoms with E-state index in [1.807, 2.05) is 18.2 Å². The van der Waals surface area contributed by atoms with Crippen LogP contribution < -0.4 is 10.1 Å². The first-order valence-corrected chi connectivity index (χ1v) is 7.81. The average Bonchev–Trinajstić information content (AvgIpc) is 3.01. The number of ether oxygens (including phenoxy) is 1. The number of nitrogens with one attached hydrogen (secondary N) is 1. The van der Waals surface area contributed by atoms with Gasteiger partial charge in [0.05, 0.1) is 13.7 Å². The Morgan fingerprint density at radius 1 is 1.33 bits per heavy atom. The molecule has 0 radical (unpaired) electrons. The second kappa shape index (κ2) is 5.33. The van der Waals surface area contributed by atoms with E-state index in [9.17, 15) is 9.59 Å². The van der Waals surface area contributed by atoms with Crippen molar-refractivity contribution in [2.24, 2.45) is 0 Å². The number of amides is 3. The van der Waals surface area contributed by atoms with E-state index in [1.165, 1.54) is 4.90 Å². The fraction of sp³-hybridized carbons (Fsp3) is 0.467. The molecule has 1 spiro atoms. The monoisotopic (exact) mass is 352 g/mol. The Bertz CT molecular complexity index is 597. The van der Waals surface area contributed by atoms with E-state index < -0.39 is 5.54 Å². The lowest BCUT2D eigenvalue weighted by Gasteiger charge is -2.20. The summed E-state index contributed by atoms with van der Waals surface area (Å²) in [5, 5.41) is 2.89. The van der Waals surface area contributed by atoms with E-state index in [1.54, 1.807) is 7.11 Å². The summed E-state index contributed by atoms with van der Waals surface area (Å²) >= 11 is 3.41. The lowest BCUT2D eigenvalue weighted by molar-refractivity contribution is -0.131. The van der Waals surface area contributed by atoms with Gasteiger partial charge >= 0.3 is 6.03 Å². The van der Waals surface area contributed by atoms with Gasteiger partial charge in [-0.1, -0.05) is 28.8 Å². The van der Waals surface area contributed by atoms with Gasteiger partial charge in [-0.15, -0.1) is 0 Å². The summed E-state index contributed by atoms with van der Waals surface area (Å²) in [6.07, 6.45) is 3.45. The molecule has 1 saturated carbocycles. The quantitative estimate of drug-likeness (QED) is 0.851. The molecule has 1 aromatic carbocycles. The fourth-order valence-electron chi connectivity index (χ4n) is 3.18. The van der Waals surface area contributed by atoms with E-state index in [2.05, 4.69) is 21.2 Å². The molecule has 1 aliphatic carbocycles. The SMILES string of the molecule is COc1ccc(Br)cc1CN1C(=O)NC2(CCCC2)C1=O. The van der Waals surface area contributed by atoms with Crippen LogP contribution in [0.4, 0.5) is 4.79 Å². The Hall–Kier alpha value is -1.56. The van der Waals surface area contributed by atoms with Crippen molar-refractivity contribution in [3.63, 3.8) is 0 Å². The van der Waals surface area contributed by atoms with Crippen LogP contribution in [-0.2, 0) is 11.3 Å². The van der Waals surface area contributed by atoms with Gasteiger partial charge in [0.1, 0.15) is 11.3 Å². The van der Waals surface area contributed by atoms with Crippen LogP contribution in [-0.4, -0.2) is 29.5 Å². The summed E-state index contributed by atoms with van der Waals surface area (Å²) in [6, 6.07) is 5.26. The van der Waals surface area contributed by atoms with Gasteiger partial charge in [0.2, 0.25) is 0 Å². The van der Waals surface area contributed by atoms with E-state index in [0.717, 1.165) is 35.7 Å². The van der Waals surface area contributed by atoms with Gasteiger partial charge in [0, 0.05) is 10.0 Å². The van der Waals surface area contributed by atoms with Crippen molar-refractivity contribution in [3.05, 3.63) is 28.2 Å². The molecule has 2 aliphatic rings. The predicted octanol–water partition coefficient (Wildman–Crippen LogP) is 2.82. The highest BCUT2D eigenvalue weighted by Crippen LogP contribution is 2.36. The van der Waals surface area contributed by atoms with Crippen molar-refractivity contribution in [3.8, 4) is 5.75 Å². The number of carbonyl (C=O) groups excluding carboxylic acids is 2. The summed E-state index contributed by atoms with van der Waals surface area (Å²) in [4.78, 5) is 26.1. The predicted molar refractivity (Wildman–Crippen MR) is 81.0 cm³/mol. The standard InChI is InChI=1S/C15H17BrN2O3/c1-21-12-5-4-11(16)8-10(12)9-18-13(19)15(17-14(18)20)6-2-3-7-15/h4-5,8H,2-3,6-7,9H2,1H3,(H,17,20). The molecular formula is C15H17BrN2O3. The lowest BCUT2D eigenvalue weighted by atomic mass is 9.98. The first-order chi connectivity index (χ1) is 10.1. The van der Waals surface area contributed by atoms with Gasteiger partial charge in [-0.2, -0.15) is 0 Å². The zero-order valence-corrected chi connectivity index (χ0v) is 13.4. The maximum absolute atomic E-state index is 12.6. The third-order valence-electron chi connectivity index (χ3n) is 4.27. The number of nitrogens with zero attached hydrogens (tertiary/aromatic N) is 1. The van der Waals surface area contributed by atoms with Crippen LogP contribution in [0.2, 0.25) is 0 Å². The zero-order chi connectivity index (χ0) is 15.0. The molecule has 21 heavy (non-hydrogen) atoms. The molecule has 1 heterocycles. The maximum atomic E-state index is 12.6. The highest BCUT2D eigenvalue weighted by molar-refractivity contribution is 9.10. The molecule has 112 valence electrons. The topological polar surface area (TPSA) is 58.6 Å². The van der Waals surface area contributed by atoms with Crippen molar-refractivity contribution >= 4 is 27.9 Å². The maximum Gasteiger partial charge on any atom is 0.325 e. The molecule has 6 heteroatoms. The van der Waals surface area contributed by atoms with Crippen LogP contribution in [0.1, 0.15) is 31.2 Å². The number of methoxy groups -OCH3 is 1. The van der Waals surface area contributed by atoms with Crippen LogP contribution in [0.5, 0.6) is 5.75 Å².